The normalized spacial score (nSPS) is 34.9. The van der Waals surface area contributed by atoms with Crippen LogP contribution in [0.5, 0.6) is 0 Å². The molecule has 0 spiro atoms. The molecule has 0 heterocycles. The molecule has 1 fully saturated rings. The van der Waals surface area contributed by atoms with Crippen LogP contribution >= 0.6 is 12.6 Å². The second-order valence-electron chi connectivity index (χ2n) is 10.0. The van der Waals surface area contributed by atoms with Crippen LogP contribution in [0.4, 0.5) is 0 Å². The van der Waals surface area contributed by atoms with Crippen molar-refractivity contribution in [2.45, 2.75) is 63.8 Å². The highest BCUT2D eigenvalue weighted by Crippen LogP contribution is 2.54. The molecule has 0 bridgehead atoms. The number of rotatable bonds is 4. The summed E-state index contributed by atoms with van der Waals surface area (Å²) in [6.07, 6.45) is 19.8. The van der Waals surface area contributed by atoms with E-state index >= 15 is 0 Å². The van der Waals surface area contributed by atoms with Crippen LogP contribution in [0.2, 0.25) is 0 Å². The topological polar surface area (TPSA) is 66.4 Å². The zero-order valence-electron chi connectivity index (χ0n) is 18.1. The van der Waals surface area contributed by atoms with E-state index in [1.54, 1.807) is 11.1 Å². The molecule has 0 radical (unpaired) electrons. The first kappa shape index (κ1) is 21.1. The first-order chi connectivity index (χ1) is 15.1. The fraction of sp³-hybridized carbons (Fsp3) is 0.615. The molecule has 0 aromatic carbocycles. The number of amides is 1. The van der Waals surface area contributed by atoms with Crippen LogP contribution in [0.25, 0.3) is 0 Å². The van der Waals surface area contributed by atoms with Crippen molar-refractivity contribution < 1.29 is 14.7 Å². The summed E-state index contributed by atoms with van der Waals surface area (Å²) in [6, 6.07) is -0.909. The lowest BCUT2D eigenvalue weighted by molar-refractivity contribution is -0.141. The Labute approximate surface area is 190 Å². The van der Waals surface area contributed by atoms with Gasteiger partial charge in [-0.15, -0.1) is 0 Å². The number of carbonyl (C=O) groups excluding carboxylic acids is 1. The van der Waals surface area contributed by atoms with E-state index in [-0.39, 0.29) is 17.6 Å². The Hall–Kier alpha value is -1.75. The van der Waals surface area contributed by atoms with Gasteiger partial charge in [0.1, 0.15) is 6.04 Å². The summed E-state index contributed by atoms with van der Waals surface area (Å²) >= 11 is 4.08. The molecule has 5 unspecified atom stereocenters. The van der Waals surface area contributed by atoms with E-state index in [0.29, 0.717) is 17.8 Å². The van der Waals surface area contributed by atoms with Gasteiger partial charge < -0.3 is 10.4 Å². The average molecular weight is 440 g/mol. The number of hydrogen-bond acceptors (Lipinski definition) is 3. The van der Waals surface area contributed by atoms with E-state index in [1.165, 1.54) is 49.7 Å². The Morgan fingerprint density at radius 3 is 2.42 bits per heavy atom. The lowest BCUT2D eigenvalue weighted by Gasteiger charge is -2.46. The van der Waals surface area contributed by atoms with Crippen LogP contribution < -0.4 is 5.32 Å². The van der Waals surface area contributed by atoms with Crippen molar-refractivity contribution >= 4 is 24.5 Å². The minimum atomic E-state index is -1.01. The van der Waals surface area contributed by atoms with Crippen molar-refractivity contribution in [1.29, 1.82) is 0 Å². The number of nitrogens with one attached hydrogen (secondary N) is 1. The van der Waals surface area contributed by atoms with Crippen molar-refractivity contribution in [2.24, 2.45) is 29.6 Å². The van der Waals surface area contributed by atoms with Crippen LogP contribution in [0.15, 0.2) is 46.6 Å². The van der Waals surface area contributed by atoms with Crippen molar-refractivity contribution in [3.63, 3.8) is 0 Å². The van der Waals surface area contributed by atoms with Gasteiger partial charge in [0.25, 0.3) is 0 Å². The lowest BCUT2D eigenvalue weighted by Crippen LogP contribution is -2.46. The first-order valence-electron chi connectivity index (χ1n) is 12.0. The van der Waals surface area contributed by atoms with Gasteiger partial charge in [-0.2, -0.15) is 12.6 Å². The van der Waals surface area contributed by atoms with Crippen molar-refractivity contribution in [1.82, 2.24) is 5.32 Å². The third-order valence-corrected chi connectivity index (χ3v) is 8.86. The van der Waals surface area contributed by atoms with E-state index < -0.39 is 12.0 Å². The Bertz CT molecular complexity index is 898. The van der Waals surface area contributed by atoms with Crippen LogP contribution in [0, 0.1) is 29.6 Å². The Morgan fingerprint density at radius 1 is 0.935 bits per heavy atom. The fourth-order valence-electron chi connectivity index (χ4n) is 6.90. The summed E-state index contributed by atoms with van der Waals surface area (Å²) < 4.78 is 0. The number of allylic oxidation sites excluding steroid dienone is 8. The molecule has 6 atom stereocenters. The molecule has 1 saturated carbocycles. The summed E-state index contributed by atoms with van der Waals surface area (Å²) in [6.45, 7) is 0. The molecule has 166 valence electrons. The van der Waals surface area contributed by atoms with Gasteiger partial charge in [-0.25, -0.2) is 4.79 Å². The third kappa shape index (κ3) is 3.83. The van der Waals surface area contributed by atoms with E-state index in [2.05, 4.69) is 42.2 Å². The standard InChI is InChI=1S/C26H33NO3S/c28-25(27-24(14-31)26(29)30)17-6-5-16-8-10-21-20-9-7-15-3-1-2-4-18(15)19(20)11-12-22(21)23(16)13-17/h2,4,11-12,15-17,20-21,24,31H,1,3,5-10,13-14H2,(H,27,28)(H,29,30)/t15?,16?,17?,20?,21?,24-/m0/s1. The minimum Gasteiger partial charge on any atom is -0.480 e. The highest BCUT2D eigenvalue weighted by Gasteiger charge is 2.42. The molecule has 4 nitrogen and oxygen atoms in total. The number of fused-ring (bicyclic) bond motifs is 5. The second-order valence-corrected chi connectivity index (χ2v) is 10.4. The molecule has 5 aliphatic rings. The average Bonchev–Trinajstić information content (AvgIpc) is 2.81. The van der Waals surface area contributed by atoms with Crippen molar-refractivity contribution in [3.8, 4) is 0 Å². The summed E-state index contributed by atoms with van der Waals surface area (Å²) in [5.74, 6) is 1.45. The number of carbonyl (C=O) groups is 2. The highest BCUT2D eigenvalue weighted by molar-refractivity contribution is 7.80. The van der Waals surface area contributed by atoms with Gasteiger partial charge in [0.05, 0.1) is 0 Å². The van der Waals surface area contributed by atoms with Crippen LogP contribution in [0.3, 0.4) is 0 Å². The Balaban J connectivity index is 1.41. The molecule has 5 aliphatic carbocycles. The quantitative estimate of drug-likeness (QED) is 0.549. The molecule has 31 heavy (non-hydrogen) atoms. The molecule has 0 aromatic heterocycles. The number of carboxylic acid groups (broad SMARTS) is 1. The van der Waals surface area contributed by atoms with E-state index in [9.17, 15) is 14.7 Å². The molecule has 5 rings (SSSR count). The summed E-state index contributed by atoms with van der Waals surface area (Å²) in [5, 5.41) is 12.0. The predicted molar refractivity (Wildman–Crippen MR) is 125 cm³/mol. The highest BCUT2D eigenvalue weighted by atomic mass is 32.1. The molecule has 5 heteroatoms. The van der Waals surface area contributed by atoms with Crippen molar-refractivity contribution in [3.05, 3.63) is 46.6 Å². The zero-order chi connectivity index (χ0) is 21.5. The molecule has 0 saturated heterocycles. The van der Waals surface area contributed by atoms with Gasteiger partial charge >= 0.3 is 5.97 Å². The van der Waals surface area contributed by atoms with Gasteiger partial charge in [-0.3, -0.25) is 4.79 Å². The lowest BCUT2D eigenvalue weighted by atomic mass is 9.59. The Morgan fingerprint density at radius 2 is 1.65 bits per heavy atom. The van der Waals surface area contributed by atoms with E-state index in [4.69, 9.17) is 0 Å². The SMILES string of the molecule is O=C(N[C@@H](CS)C(=O)O)C1CCC2CCC3C(=C2C1)C=CC1=C2C=CCCC2CCC13. The summed E-state index contributed by atoms with van der Waals surface area (Å²) in [7, 11) is 0. The third-order valence-electron chi connectivity index (χ3n) is 8.49. The second kappa shape index (κ2) is 8.65. The van der Waals surface area contributed by atoms with Crippen molar-refractivity contribution in [2.75, 3.05) is 5.75 Å². The van der Waals surface area contributed by atoms with Gasteiger partial charge in [0, 0.05) is 11.7 Å². The Kier molecular flexibility index (Phi) is 5.89. The molecule has 2 N–H and O–H groups in total. The van der Waals surface area contributed by atoms with Gasteiger partial charge in [0.2, 0.25) is 5.91 Å². The predicted octanol–water partition coefficient (Wildman–Crippen LogP) is 4.85. The minimum absolute atomic E-state index is 0.115. The maximum absolute atomic E-state index is 12.8. The van der Waals surface area contributed by atoms with E-state index in [0.717, 1.165) is 25.2 Å². The van der Waals surface area contributed by atoms with E-state index in [1.807, 2.05) is 0 Å². The summed E-state index contributed by atoms with van der Waals surface area (Å²) in [4.78, 5) is 24.1. The van der Waals surface area contributed by atoms with Crippen LogP contribution in [-0.2, 0) is 9.59 Å². The summed E-state index contributed by atoms with van der Waals surface area (Å²) in [5.41, 5.74) is 6.17. The van der Waals surface area contributed by atoms with Crippen LogP contribution in [0.1, 0.15) is 57.8 Å². The maximum atomic E-state index is 12.8. The van der Waals surface area contributed by atoms with Gasteiger partial charge in [-0.05, 0) is 98.2 Å². The van der Waals surface area contributed by atoms with Crippen LogP contribution in [-0.4, -0.2) is 28.8 Å². The fourth-order valence-corrected chi connectivity index (χ4v) is 7.15. The maximum Gasteiger partial charge on any atom is 0.327 e. The smallest absolute Gasteiger partial charge is 0.327 e. The zero-order valence-corrected chi connectivity index (χ0v) is 18.9. The largest absolute Gasteiger partial charge is 0.480 e. The molecule has 0 aromatic rings. The molecular formula is C26H33NO3S. The van der Waals surface area contributed by atoms with Gasteiger partial charge in [-0.1, -0.05) is 29.9 Å². The number of carboxylic acids is 1. The monoisotopic (exact) mass is 439 g/mol. The van der Waals surface area contributed by atoms with Gasteiger partial charge in [0.15, 0.2) is 0 Å². The number of hydrogen-bond donors (Lipinski definition) is 3. The molecular weight excluding hydrogens is 406 g/mol. The number of thiol groups is 1. The molecule has 1 amide bonds. The first-order valence-corrected chi connectivity index (χ1v) is 12.7. The molecule has 0 aliphatic heterocycles. The number of aliphatic carboxylic acids is 1.